The number of likely N-dealkylation sites (tertiary alicyclic amines) is 1. The topological polar surface area (TPSA) is 81.4 Å². The minimum absolute atomic E-state index is 0.0962. The second-order valence-corrected chi connectivity index (χ2v) is 9.58. The largest absolute Gasteiger partial charge is 0.375 e. The van der Waals surface area contributed by atoms with Gasteiger partial charge >= 0.3 is 0 Å². The van der Waals surface area contributed by atoms with Crippen LogP contribution in [-0.4, -0.2) is 51.2 Å². The summed E-state index contributed by atoms with van der Waals surface area (Å²) in [6.07, 6.45) is 13.9. The summed E-state index contributed by atoms with van der Waals surface area (Å²) in [5.74, 6) is 2.75. The van der Waals surface area contributed by atoms with Crippen LogP contribution in [-0.2, 0) is 16.0 Å². The van der Waals surface area contributed by atoms with Gasteiger partial charge in [-0.2, -0.15) is 4.98 Å². The van der Waals surface area contributed by atoms with E-state index in [2.05, 4.69) is 20.0 Å². The Balaban J connectivity index is 1.15. The van der Waals surface area contributed by atoms with Gasteiger partial charge in [-0.05, 0) is 62.5 Å². The molecule has 0 radical (unpaired) electrons. The maximum Gasteiger partial charge on any atom is 0.227 e. The first-order chi connectivity index (χ1) is 15.2. The maximum atomic E-state index is 12.7. The first kappa shape index (κ1) is 20.6. The van der Waals surface area contributed by atoms with Crippen LogP contribution in [0.4, 0.5) is 0 Å². The fraction of sp³-hybridized carbons (Fsp3) is 0.667. The molecule has 7 heteroatoms. The molecule has 0 N–H and O–H groups in total. The predicted octanol–water partition coefficient (Wildman–Crippen LogP) is 4.04. The summed E-state index contributed by atoms with van der Waals surface area (Å²) in [5.41, 5.74) is 0.823. The smallest absolute Gasteiger partial charge is 0.227 e. The minimum Gasteiger partial charge on any atom is -0.375 e. The average Bonchev–Trinajstić information content (AvgIpc) is 3.47. The zero-order valence-electron chi connectivity index (χ0n) is 18.2. The SMILES string of the molecule is O=C(CC1CCCC1)N1CCC2(CC1)CC(Cc1nc(-c3ccncc3)no1)CCO2. The second kappa shape index (κ2) is 9.07. The van der Waals surface area contributed by atoms with Gasteiger partial charge in [0.05, 0.1) is 5.60 Å². The number of aromatic nitrogens is 3. The summed E-state index contributed by atoms with van der Waals surface area (Å²) in [4.78, 5) is 23.4. The van der Waals surface area contributed by atoms with E-state index in [1.807, 2.05) is 12.1 Å². The van der Waals surface area contributed by atoms with E-state index in [1.165, 1.54) is 25.7 Å². The first-order valence-electron chi connectivity index (χ1n) is 11.8. The quantitative estimate of drug-likeness (QED) is 0.720. The number of nitrogens with zero attached hydrogens (tertiary/aromatic N) is 4. The van der Waals surface area contributed by atoms with Crippen LogP contribution in [0.25, 0.3) is 11.4 Å². The highest BCUT2D eigenvalue weighted by molar-refractivity contribution is 5.76. The maximum absolute atomic E-state index is 12.7. The van der Waals surface area contributed by atoms with Crippen LogP contribution in [0.2, 0.25) is 0 Å². The number of pyridine rings is 1. The first-order valence-corrected chi connectivity index (χ1v) is 11.8. The lowest BCUT2D eigenvalue weighted by atomic mass is 9.78. The number of rotatable bonds is 5. The van der Waals surface area contributed by atoms with E-state index in [9.17, 15) is 4.79 Å². The van der Waals surface area contributed by atoms with Gasteiger partial charge in [0.15, 0.2) is 0 Å². The molecule has 2 saturated heterocycles. The van der Waals surface area contributed by atoms with Crippen molar-refractivity contribution in [3.05, 3.63) is 30.4 Å². The van der Waals surface area contributed by atoms with Crippen molar-refractivity contribution in [3.63, 3.8) is 0 Å². The zero-order valence-corrected chi connectivity index (χ0v) is 18.2. The Kier molecular flexibility index (Phi) is 6.03. The number of carbonyl (C=O) groups excluding carboxylic acids is 1. The molecule has 1 saturated carbocycles. The molecule has 1 atom stereocenters. The standard InChI is InChI=1S/C24H32N4O3/c29-22(16-18-3-1-2-4-18)28-12-8-24(9-13-28)17-19(7-14-30-24)15-21-26-23(27-31-21)20-5-10-25-11-6-20/h5-6,10-11,18-19H,1-4,7-9,12-17H2. The van der Waals surface area contributed by atoms with Gasteiger partial charge in [-0.3, -0.25) is 9.78 Å². The summed E-state index contributed by atoms with van der Waals surface area (Å²) >= 11 is 0. The molecular weight excluding hydrogens is 392 g/mol. The van der Waals surface area contributed by atoms with Crippen LogP contribution in [0, 0.1) is 11.8 Å². The van der Waals surface area contributed by atoms with Gasteiger partial charge < -0.3 is 14.2 Å². The molecule has 1 unspecified atom stereocenters. The molecule has 5 rings (SSSR count). The van der Waals surface area contributed by atoms with Crippen LogP contribution in [0.5, 0.6) is 0 Å². The molecule has 2 aliphatic heterocycles. The Labute approximate surface area is 183 Å². The van der Waals surface area contributed by atoms with E-state index in [0.29, 0.717) is 29.5 Å². The third-order valence-electron chi connectivity index (χ3n) is 7.43. The van der Waals surface area contributed by atoms with Crippen LogP contribution < -0.4 is 0 Å². The monoisotopic (exact) mass is 424 g/mol. The molecule has 3 fully saturated rings. The van der Waals surface area contributed by atoms with Crippen molar-refractivity contribution in [1.29, 1.82) is 0 Å². The van der Waals surface area contributed by atoms with Crippen molar-refractivity contribution in [2.45, 2.75) is 69.8 Å². The number of ether oxygens (including phenoxy) is 1. The predicted molar refractivity (Wildman–Crippen MR) is 115 cm³/mol. The van der Waals surface area contributed by atoms with Crippen LogP contribution >= 0.6 is 0 Å². The highest BCUT2D eigenvalue weighted by Crippen LogP contribution is 2.39. The molecule has 1 spiro atoms. The lowest BCUT2D eigenvalue weighted by Crippen LogP contribution is -2.51. The summed E-state index contributed by atoms with van der Waals surface area (Å²) in [7, 11) is 0. The molecule has 4 heterocycles. The van der Waals surface area contributed by atoms with Gasteiger partial charge in [-0.1, -0.05) is 18.0 Å². The fourth-order valence-corrected chi connectivity index (χ4v) is 5.61. The van der Waals surface area contributed by atoms with E-state index < -0.39 is 0 Å². The van der Waals surface area contributed by atoms with Crippen molar-refractivity contribution in [2.75, 3.05) is 19.7 Å². The Morgan fingerprint density at radius 1 is 1.10 bits per heavy atom. The minimum atomic E-state index is -0.0962. The Hall–Kier alpha value is -2.28. The van der Waals surface area contributed by atoms with E-state index in [4.69, 9.17) is 9.26 Å². The van der Waals surface area contributed by atoms with Crippen molar-refractivity contribution < 1.29 is 14.1 Å². The molecule has 1 amide bonds. The van der Waals surface area contributed by atoms with Crippen LogP contribution in [0.3, 0.4) is 0 Å². The van der Waals surface area contributed by atoms with Crippen molar-refractivity contribution in [2.24, 2.45) is 11.8 Å². The van der Waals surface area contributed by atoms with Crippen molar-refractivity contribution in [1.82, 2.24) is 20.0 Å². The van der Waals surface area contributed by atoms with Gasteiger partial charge in [-0.25, -0.2) is 0 Å². The molecule has 31 heavy (non-hydrogen) atoms. The van der Waals surface area contributed by atoms with Crippen molar-refractivity contribution >= 4 is 5.91 Å². The third-order valence-corrected chi connectivity index (χ3v) is 7.43. The normalized spacial score (nSPS) is 24.0. The summed E-state index contributed by atoms with van der Waals surface area (Å²) in [5, 5.41) is 4.14. The number of amides is 1. The Morgan fingerprint density at radius 2 is 1.87 bits per heavy atom. The lowest BCUT2D eigenvalue weighted by Gasteiger charge is -2.46. The van der Waals surface area contributed by atoms with Gasteiger partial charge in [0, 0.05) is 50.5 Å². The molecule has 2 aromatic rings. The fourth-order valence-electron chi connectivity index (χ4n) is 5.61. The molecule has 1 aliphatic carbocycles. The molecular formula is C24H32N4O3. The molecule has 0 bridgehead atoms. The number of piperidine rings is 1. The molecule has 7 nitrogen and oxygen atoms in total. The summed E-state index contributed by atoms with van der Waals surface area (Å²) < 4.78 is 11.8. The highest BCUT2D eigenvalue weighted by atomic mass is 16.5. The van der Waals surface area contributed by atoms with Gasteiger partial charge in [-0.15, -0.1) is 0 Å². The summed E-state index contributed by atoms with van der Waals surface area (Å²) in [6, 6.07) is 3.78. The van der Waals surface area contributed by atoms with E-state index >= 15 is 0 Å². The Bertz CT molecular complexity index is 870. The average molecular weight is 425 g/mol. The Morgan fingerprint density at radius 3 is 2.65 bits per heavy atom. The van der Waals surface area contributed by atoms with Crippen molar-refractivity contribution in [3.8, 4) is 11.4 Å². The van der Waals surface area contributed by atoms with Gasteiger partial charge in [0.25, 0.3) is 0 Å². The van der Waals surface area contributed by atoms with E-state index in [-0.39, 0.29) is 5.60 Å². The lowest BCUT2D eigenvalue weighted by molar-refractivity contribution is -0.148. The molecule has 0 aromatic carbocycles. The number of hydrogen-bond acceptors (Lipinski definition) is 6. The zero-order chi connectivity index (χ0) is 21.1. The van der Waals surface area contributed by atoms with Gasteiger partial charge in [0.2, 0.25) is 17.6 Å². The second-order valence-electron chi connectivity index (χ2n) is 9.58. The molecule has 166 valence electrons. The number of carbonyl (C=O) groups is 1. The van der Waals surface area contributed by atoms with E-state index in [0.717, 1.165) is 63.8 Å². The van der Waals surface area contributed by atoms with Crippen LogP contribution in [0.15, 0.2) is 29.0 Å². The summed E-state index contributed by atoms with van der Waals surface area (Å²) in [6.45, 7) is 2.42. The van der Waals surface area contributed by atoms with E-state index in [1.54, 1.807) is 12.4 Å². The number of hydrogen-bond donors (Lipinski definition) is 0. The third kappa shape index (κ3) is 4.81. The van der Waals surface area contributed by atoms with Crippen LogP contribution in [0.1, 0.15) is 63.7 Å². The highest BCUT2D eigenvalue weighted by Gasteiger charge is 2.41. The van der Waals surface area contributed by atoms with Gasteiger partial charge in [0.1, 0.15) is 0 Å². The molecule has 2 aromatic heterocycles. The molecule has 3 aliphatic rings.